The van der Waals surface area contributed by atoms with Gasteiger partial charge in [-0.1, -0.05) is 0 Å². The van der Waals surface area contributed by atoms with Crippen LogP contribution in [-0.2, 0) is 11.2 Å². The second-order valence-corrected chi connectivity index (χ2v) is 6.55. The van der Waals surface area contributed by atoms with Crippen molar-refractivity contribution in [3.8, 4) is 0 Å². The lowest BCUT2D eigenvalue weighted by Gasteiger charge is -2.35. The Kier molecular flexibility index (Phi) is 6.58. The monoisotopic (exact) mass is 332 g/mol. The van der Waals surface area contributed by atoms with Crippen LogP contribution in [0.3, 0.4) is 0 Å². The lowest BCUT2D eigenvalue weighted by Crippen LogP contribution is -2.53. The van der Waals surface area contributed by atoms with E-state index in [4.69, 9.17) is 0 Å². The molecule has 132 valence electrons. The Hall–Kier alpha value is -2.11. The molecule has 0 aliphatic carbocycles. The SMILES string of the molecule is Cc1cnccc1CCNC(=O)N[C@H](C)C(=O)N1CCCC[C@H]1C. The van der Waals surface area contributed by atoms with Crippen molar-refractivity contribution < 1.29 is 9.59 Å². The van der Waals surface area contributed by atoms with Gasteiger partial charge in [0.05, 0.1) is 0 Å². The number of aromatic nitrogens is 1. The maximum absolute atomic E-state index is 12.5. The van der Waals surface area contributed by atoms with Gasteiger partial charge in [0.1, 0.15) is 6.04 Å². The highest BCUT2D eigenvalue weighted by atomic mass is 16.2. The molecule has 0 spiro atoms. The zero-order valence-electron chi connectivity index (χ0n) is 14.8. The first-order valence-corrected chi connectivity index (χ1v) is 8.73. The molecule has 1 saturated heterocycles. The molecule has 1 aromatic heterocycles. The zero-order valence-corrected chi connectivity index (χ0v) is 14.8. The van der Waals surface area contributed by atoms with Crippen LogP contribution in [0.5, 0.6) is 0 Å². The Labute approximate surface area is 144 Å². The molecule has 24 heavy (non-hydrogen) atoms. The summed E-state index contributed by atoms with van der Waals surface area (Å²) in [5, 5.41) is 5.56. The lowest BCUT2D eigenvalue weighted by atomic mass is 10.0. The maximum atomic E-state index is 12.5. The smallest absolute Gasteiger partial charge is 0.315 e. The summed E-state index contributed by atoms with van der Waals surface area (Å²) in [6.07, 6.45) is 7.56. The third-order valence-electron chi connectivity index (χ3n) is 4.62. The van der Waals surface area contributed by atoms with Gasteiger partial charge in [-0.15, -0.1) is 0 Å². The van der Waals surface area contributed by atoms with E-state index in [0.717, 1.165) is 36.9 Å². The molecule has 0 aromatic carbocycles. The highest BCUT2D eigenvalue weighted by Crippen LogP contribution is 2.17. The molecule has 6 heteroatoms. The Bertz CT molecular complexity index is 576. The molecule has 0 bridgehead atoms. The molecule has 2 atom stereocenters. The van der Waals surface area contributed by atoms with Crippen molar-refractivity contribution in [3.63, 3.8) is 0 Å². The van der Waals surface area contributed by atoms with Crippen molar-refractivity contribution in [3.05, 3.63) is 29.6 Å². The first-order valence-electron chi connectivity index (χ1n) is 8.73. The third kappa shape index (κ3) is 4.94. The van der Waals surface area contributed by atoms with Crippen molar-refractivity contribution in [2.45, 2.75) is 58.5 Å². The summed E-state index contributed by atoms with van der Waals surface area (Å²) in [4.78, 5) is 30.4. The summed E-state index contributed by atoms with van der Waals surface area (Å²) in [5.74, 6) is 0.00216. The molecule has 3 amide bonds. The number of pyridine rings is 1. The van der Waals surface area contributed by atoms with Gasteiger partial charge >= 0.3 is 6.03 Å². The van der Waals surface area contributed by atoms with Crippen molar-refractivity contribution in [1.29, 1.82) is 0 Å². The van der Waals surface area contributed by atoms with Crippen LogP contribution < -0.4 is 10.6 Å². The average Bonchev–Trinajstić information content (AvgIpc) is 2.56. The number of nitrogens with one attached hydrogen (secondary N) is 2. The van der Waals surface area contributed by atoms with Crippen LogP contribution in [0.25, 0.3) is 0 Å². The van der Waals surface area contributed by atoms with Crippen LogP contribution >= 0.6 is 0 Å². The molecule has 0 unspecified atom stereocenters. The van der Waals surface area contributed by atoms with Crippen LogP contribution in [-0.4, -0.2) is 47.0 Å². The van der Waals surface area contributed by atoms with E-state index >= 15 is 0 Å². The van der Waals surface area contributed by atoms with Crippen molar-refractivity contribution in [2.75, 3.05) is 13.1 Å². The number of urea groups is 1. The van der Waals surface area contributed by atoms with Gasteiger partial charge in [-0.25, -0.2) is 4.79 Å². The fraction of sp³-hybridized carbons (Fsp3) is 0.611. The summed E-state index contributed by atoms with van der Waals surface area (Å²) in [5.41, 5.74) is 2.28. The normalized spacial score (nSPS) is 18.8. The van der Waals surface area contributed by atoms with E-state index in [-0.39, 0.29) is 18.0 Å². The van der Waals surface area contributed by atoms with Crippen LogP contribution in [0.2, 0.25) is 0 Å². The lowest BCUT2D eigenvalue weighted by molar-refractivity contribution is -0.136. The van der Waals surface area contributed by atoms with Gasteiger partial charge in [-0.05, 0) is 63.6 Å². The molecular formula is C18H28N4O2. The minimum absolute atomic E-state index is 0.00216. The van der Waals surface area contributed by atoms with Crippen LogP contribution in [0.15, 0.2) is 18.5 Å². The largest absolute Gasteiger partial charge is 0.338 e. The fourth-order valence-electron chi connectivity index (χ4n) is 3.08. The minimum Gasteiger partial charge on any atom is -0.338 e. The number of nitrogens with zero attached hydrogens (tertiary/aromatic N) is 2. The van der Waals surface area contributed by atoms with Crippen LogP contribution in [0, 0.1) is 6.92 Å². The molecular weight excluding hydrogens is 304 g/mol. The number of piperidine rings is 1. The zero-order chi connectivity index (χ0) is 17.5. The molecule has 2 rings (SSSR count). The average molecular weight is 332 g/mol. The first-order chi connectivity index (χ1) is 11.5. The maximum Gasteiger partial charge on any atom is 0.315 e. The van der Waals surface area contributed by atoms with E-state index in [2.05, 4.69) is 22.5 Å². The minimum atomic E-state index is -0.506. The van der Waals surface area contributed by atoms with Gasteiger partial charge in [-0.2, -0.15) is 0 Å². The molecule has 0 radical (unpaired) electrons. The van der Waals surface area contributed by atoms with E-state index in [9.17, 15) is 9.59 Å². The molecule has 2 heterocycles. The molecule has 1 aromatic rings. The summed E-state index contributed by atoms with van der Waals surface area (Å²) in [6, 6.07) is 1.41. The highest BCUT2D eigenvalue weighted by molar-refractivity contribution is 5.87. The Morgan fingerprint density at radius 1 is 1.42 bits per heavy atom. The van der Waals surface area contributed by atoms with Crippen molar-refractivity contribution in [1.82, 2.24) is 20.5 Å². The van der Waals surface area contributed by atoms with E-state index in [1.807, 2.05) is 24.1 Å². The summed E-state index contributed by atoms with van der Waals surface area (Å²) < 4.78 is 0. The quantitative estimate of drug-likeness (QED) is 0.866. The summed E-state index contributed by atoms with van der Waals surface area (Å²) in [7, 11) is 0. The highest BCUT2D eigenvalue weighted by Gasteiger charge is 2.27. The van der Waals surface area contributed by atoms with Crippen molar-refractivity contribution in [2.24, 2.45) is 0 Å². The third-order valence-corrected chi connectivity index (χ3v) is 4.62. The number of likely N-dealkylation sites (tertiary alicyclic amines) is 1. The number of carbonyl (C=O) groups excluding carboxylic acids is 2. The molecule has 0 saturated carbocycles. The van der Waals surface area contributed by atoms with Gasteiger partial charge < -0.3 is 15.5 Å². The molecule has 6 nitrogen and oxygen atoms in total. The second kappa shape index (κ2) is 8.66. The van der Waals surface area contributed by atoms with E-state index in [0.29, 0.717) is 6.54 Å². The number of rotatable bonds is 5. The molecule has 2 N–H and O–H groups in total. The number of amides is 3. The second-order valence-electron chi connectivity index (χ2n) is 6.55. The number of hydrogen-bond donors (Lipinski definition) is 2. The molecule has 1 fully saturated rings. The van der Waals surface area contributed by atoms with E-state index in [1.54, 1.807) is 13.1 Å². The fourth-order valence-corrected chi connectivity index (χ4v) is 3.08. The van der Waals surface area contributed by atoms with Crippen molar-refractivity contribution >= 4 is 11.9 Å². The van der Waals surface area contributed by atoms with Gasteiger partial charge in [0.2, 0.25) is 5.91 Å². The first kappa shape index (κ1) is 18.2. The van der Waals surface area contributed by atoms with Crippen LogP contribution in [0.1, 0.15) is 44.2 Å². The predicted molar refractivity (Wildman–Crippen MR) is 93.7 cm³/mol. The molecule has 1 aliphatic heterocycles. The van der Waals surface area contributed by atoms with E-state index < -0.39 is 6.04 Å². The number of aryl methyl sites for hydroxylation is 1. The summed E-state index contributed by atoms with van der Waals surface area (Å²) >= 11 is 0. The van der Waals surface area contributed by atoms with Gasteiger partial charge in [0.15, 0.2) is 0 Å². The van der Waals surface area contributed by atoms with Gasteiger partial charge in [0.25, 0.3) is 0 Å². The summed E-state index contributed by atoms with van der Waals surface area (Å²) in [6.45, 7) is 7.13. The Morgan fingerprint density at radius 2 is 2.21 bits per heavy atom. The van der Waals surface area contributed by atoms with Gasteiger partial charge in [0, 0.05) is 31.5 Å². The number of hydrogen-bond acceptors (Lipinski definition) is 3. The van der Waals surface area contributed by atoms with Gasteiger partial charge in [-0.3, -0.25) is 9.78 Å². The van der Waals surface area contributed by atoms with Crippen LogP contribution in [0.4, 0.5) is 4.79 Å². The Morgan fingerprint density at radius 3 is 2.92 bits per heavy atom. The standard InChI is InChI=1S/C18H28N4O2/c1-13-12-19-9-7-16(13)8-10-20-18(24)21-15(3)17(23)22-11-5-4-6-14(22)2/h7,9,12,14-15H,4-6,8,10-11H2,1-3H3,(H2,20,21,24)/t14-,15-/m1/s1. The predicted octanol–water partition coefficient (Wildman–Crippen LogP) is 2.02. The molecule has 1 aliphatic rings. The van der Waals surface area contributed by atoms with E-state index in [1.165, 1.54) is 6.42 Å². The topological polar surface area (TPSA) is 74.3 Å². The Balaban J connectivity index is 1.75. The number of carbonyl (C=O) groups is 2.